The number of carbonyl (C=O) groups excluding carboxylic acids is 1. The first-order valence-corrected chi connectivity index (χ1v) is 4.99. The predicted octanol–water partition coefficient (Wildman–Crippen LogP) is 1.23. The van der Waals surface area contributed by atoms with E-state index < -0.39 is 11.9 Å². The van der Waals surface area contributed by atoms with Crippen molar-refractivity contribution in [2.24, 2.45) is 0 Å². The van der Waals surface area contributed by atoms with E-state index in [1.54, 1.807) is 0 Å². The number of carbonyl (C=O) groups is 1. The molecule has 74 valence electrons. The fourth-order valence-electron chi connectivity index (χ4n) is 2.45. The summed E-state index contributed by atoms with van der Waals surface area (Å²) < 4.78 is 0. The average molecular weight is 197 g/mol. The van der Waals surface area contributed by atoms with Gasteiger partial charge in [-0.3, -0.25) is 0 Å². The van der Waals surface area contributed by atoms with Crippen LogP contribution in [0, 0.1) is 0 Å². The summed E-state index contributed by atoms with van der Waals surface area (Å²) in [5.74, 6) is -1.44. The monoisotopic (exact) mass is 197 g/mol. The van der Waals surface area contributed by atoms with Gasteiger partial charge in [-0.25, -0.2) is 0 Å². The van der Waals surface area contributed by atoms with Gasteiger partial charge < -0.3 is 9.90 Å². The van der Waals surface area contributed by atoms with Gasteiger partial charge in [0.05, 0.1) is 0 Å². The minimum absolute atomic E-state index is 0.467. The maximum absolute atomic E-state index is 11.0. The third-order valence-electron chi connectivity index (χ3n) is 3.11. The molecule has 0 saturated heterocycles. The molecule has 3 rings (SSSR count). The minimum atomic E-state index is -0.973. The Morgan fingerprint density at radius 3 is 2.67 bits per heavy atom. The van der Waals surface area contributed by atoms with Gasteiger partial charge >= 0.3 is 0 Å². The molecule has 0 aromatic heterocycles. The lowest BCUT2D eigenvalue weighted by Gasteiger charge is -2.11. The highest BCUT2D eigenvalue weighted by atomic mass is 16.4. The molecule has 15 heavy (non-hydrogen) atoms. The zero-order valence-corrected chi connectivity index (χ0v) is 8.07. The van der Waals surface area contributed by atoms with Gasteiger partial charge in [0.15, 0.2) is 0 Å². The van der Waals surface area contributed by atoms with Crippen molar-refractivity contribution in [3.05, 3.63) is 47.5 Å². The fraction of sp³-hybridized carbons (Fsp3) is 0.154. The van der Waals surface area contributed by atoms with Crippen molar-refractivity contribution >= 4 is 16.7 Å². The molecule has 0 fully saturated rings. The van der Waals surface area contributed by atoms with E-state index in [0.29, 0.717) is 6.42 Å². The number of carboxylic acids is 1. The van der Waals surface area contributed by atoms with E-state index in [9.17, 15) is 9.90 Å². The third kappa shape index (κ3) is 1.08. The van der Waals surface area contributed by atoms with E-state index >= 15 is 0 Å². The highest BCUT2D eigenvalue weighted by Crippen LogP contribution is 2.37. The Bertz CT molecular complexity index is 552. The lowest BCUT2D eigenvalue weighted by atomic mass is 10.0. The second kappa shape index (κ2) is 2.83. The van der Waals surface area contributed by atoms with Gasteiger partial charge in [-0.05, 0) is 28.3 Å². The summed E-state index contributed by atoms with van der Waals surface area (Å²) in [5, 5.41) is 13.2. The van der Waals surface area contributed by atoms with Gasteiger partial charge in [-0.2, -0.15) is 0 Å². The molecule has 0 heterocycles. The Morgan fingerprint density at radius 2 is 1.93 bits per heavy atom. The topological polar surface area (TPSA) is 40.1 Å². The Morgan fingerprint density at radius 1 is 1.20 bits per heavy atom. The molecule has 0 bridgehead atoms. The molecule has 0 spiro atoms. The van der Waals surface area contributed by atoms with Crippen LogP contribution in [0.25, 0.3) is 10.8 Å². The van der Waals surface area contributed by atoms with E-state index in [4.69, 9.17) is 0 Å². The summed E-state index contributed by atoms with van der Waals surface area (Å²) in [5.41, 5.74) is 2.03. The van der Waals surface area contributed by atoms with E-state index in [2.05, 4.69) is 0 Å². The van der Waals surface area contributed by atoms with Crippen LogP contribution in [0.3, 0.4) is 0 Å². The SMILES string of the molecule is O=C([O-])[C@H]1Cc2cccc3cccc1c23. The van der Waals surface area contributed by atoms with Crippen LogP contribution in [0.5, 0.6) is 0 Å². The molecule has 1 atom stereocenters. The number of carboxylic acid groups (broad SMARTS) is 1. The number of hydrogen-bond donors (Lipinski definition) is 0. The molecule has 2 aromatic carbocycles. The standard InChI is InChI=1S/C13H10O2/c14-13(15)11-7-9-5-1-3-8-4-2-6-10(11)12(8)9/h1-6,11H,7H2,(H,14,15)/p-1/t11-/m0/s1. The van der Waals surface area contributed by atoms with Gasteiger partial charge in [0, 0.05) is 11.9 Å². The molecule has 2 heteroatoms. The van der Waals surface area contributed by atoms with Crippen molar-refractivity contribution in [1.29, 1.82) is 0 Å². The number of rotatable bonds is 1. The van der Waals surface area contributed by atoms with E-state index in [1.807, 2.05) is 36.4 Å². The molecular formula is C13H9O2-. The summed E-state index contributed by atoms with van der Waals surface area (Å²) in [4.78, 5) is 11.0. The zero-order valence-electron chi connectivity index (χ0n) is 8.07. The van der Waals surface area contributed by atoms with Crippen molar-refractivity contribution in [2.45, 2.75) is 12.3 Å². The van der Waals surface area contributed by atoms with Crippen molar-refractivity contribution in [3.63, 3.8) is 0 Å². The molecule has 0 aliphatic heterocycles. The van der Waals surface area contributed by atoms with Gasteiger partial charge in [0.2, 0.25) is 0 Å². The van der Waals surface area contributed by atoms with Crippen molar-refractivity contribution < 1.29 is 9.90 Å². The number of hydrogen-bond acceptors (Lipinski definition) is 2. The summed E-state index contributed by atoms with van der Waals surface area (Å²) in [6.07, 6.45) is 0.568. The van der Waals surface area contributed by atoms with E-state index in [0.717, 1.165) is 21.9 Å². The first-order chi connectivity index (χ1) is 7.27. The molecule has 0 unspecified atom stereocenters. The van der Waals surface area contributed by atoms with Crippen LogP contribution in [-0.2, 0) is 11.2 Å². The Hall–Kier alpha value is -1.83. The van der Waals surface area contributed by atoms with Gasteiger partial charge in [0.1, 0.15) is 0 Å². The summed E-state index contributed by atoms with van der Waals surface area (Å²) >= 11 is 0. The fourth-order valence-corrected chi connectivity index (χ4v) is 2.45. The van der Waals surface area contributed by atoms with Crippen LogP contribution >= 0.6 is 0 Å². The van der Waals surface area contributed by atoms with Crippen LogP contribution in [0.15, 0.2) is 36.4 Å². The van der Waals surface area contributed by atoms with Crippen LogP contribution in [0.4, 0.5) is 0 Å². The number of benzene rings is 2. The van der Waals surface area contributed by atoms with Gasteiger partial charge in [-0.15, -0.1) is 0 Å². The first kappa shape index (κ1) is 8.48. The highest BCUT2D eigenvalue weighted by Gasteiger charge is 2.24. The lowest BCUT2D eigenvalue weighted by Crippen LogP contribution is -2.29. The van der Waals surface area contributed by atoms with Gasteiger partial charge in [-0.1, -0.05) is 36.4 Å². The molecule has 0 saturated carbocycles. The Labute approximate surface area is 87.2 Å². The van der Waals surface area contributed by atoms with E-state index in [-0.39, 0.29) is 0 Å². The van der Waals surface area contributed by atoms with Crippen LogP contribution in [0.1, 0.15) is 17.0 Å². The van der Waals surface area contributed by atoms with Crippen molar-refractivity contribution in [3.8, 4) is 0 Å². The van der Waals surface area contributed by atoms with Crippen LogP contribution in [-0.4, -0.2) is 5.97 Å². The molecule has 0 amide bonds. The maximum Gasteiger partial charge on any atom is 0.0492 e. The molecule has 0 N–H and O–H groups in total. The molecule has 2 aromatic rings. The molecule has 0 radical (unpaired) electrons. The third-order valence-corrected chi connectivity index (χ3v) is 3.11. The Balaban J connectivity index is 2.36. The number of aliphatic carboxylic acids is 1. The Kier molecular flexibility index (Phi) is 1.60. The maximum atomic E-state index is 11.0. The molecule has 1 aliphatic rings. The van der Waals surface area contributed by atoms with Crippen LogP contribution in [0.2, 0.25) is 0 Å². The highest BCUT2D eigenvalue weighted by molar-refractivity contribution is 5.96. The predicted molar refractivity (Wildman–Crippen MR) is 55.4 cm³/mol. The van der Waals surface area contributed by atoms with Crippen molar-refractivity contribution in [1.82, 2.24) is 0 Å². The summed E-state index contributed by atoms with van der Waals surface area (Å²) in [6.45, 7) is 0. The minimum Gasteiger partial charge on any atom is -0.549 e. The largest absolute Gasteiger partial charge is 0.549 e. The first-order valence-electron chi connectivity index (χ1n) is 4.99. The second-order valence-corrected chi connectivity index (χ2v) is 3.94. The quantitative estimate of drug-likeness (QED) is 0.689. The molecule has 2 nitrogen and oxygen atoms in total. The summed E-state index contributed by atoms with van der Waals surface area (Å²) in [6, 6.07) is 11.8. The lowest BCUT2D eigenvalue weighted by molar-refractivity contribution is -0.307. The summed E-state index contributed by atoms with van der Waals surface area (Å²) in [7, 11) is 0. The van der Waals surface area contributed by atoms with Crippen molar-refractivity contribution in [2.75, 3.05) is 0 Å². The second-order valence-electron chi connectivity index (χ2n) is 3.94. The van der Waals surface area contributed by atoms with Crippen LogP contribution < -0.4 is 5.11 Å². The zero-order chi connectivity index (χ0) is 10.4. The molecule has 1 aliphatic carbocycles. The molecular weight excluding hydrogens is 188 g/mol. The van der Waals surface area contributed by atoms with E-state index in [1.165, 1.54) is 0 Å². The normalized spacial score (nSPS) is 18.3. The smallest absolute Gasteiger partial charge is 0.0492 e. The van der Waals surface area contributed by atoms with Gasteiger partial charge in [0.25, 0.3) is 0 Å². The average Bonchev–Trinajstić information content (AvgIpc) is 2.61.